The lowest BCUT2D eigenvalue weighted by Crippen LogP contribution is -2.40. The second kappa shape index (κ2) is 7.97. The molecule has 3 rings (SSSR count). The van der Waals surface area contributed by atoms with Crippen molar-refractivity contribution in [2.45, 2.75) is 19.1 Å². The normalized spacial score (nSPS) is 14.2. The average molecular weight is 359 g/mol. The van der Waals surface area contributed by atoms with Gasteiger partial charge in [-0.1, -0.05) is 6.07 Å². The number of amides is 1. The van der Waals surface area contributed by atoms with E-state index in [1.54, 1.807) is 12.1 Å². The molecule has 0 fully saturated rings. The van der Waals surface area contributed by atoms with Crippen molar-refractivity contribution in [3.05, 3.63) is 65.0 Å². The first-order chi connectivity index (χ1) is 12.5. The third kappa shape index (κ3) is 4.37. The van der Waals surface area contributed by atoms with Gasteiger partial charge in [-0.05, 0) is 53.9 Å². The van der Waals surface area contributed by atoms with Crippen LogP contribution in [0.5, 0.6) is 5.75 Å². The molecular weight excluding hydrogens is 341 g/mol. The minimum atomic E-state index is -1.28. The zero-order chi connectivity index (χ0) is 18.5. The fourth-order valence-corrected chi connectivity index (χ4v) is 2.65. The highest BCUT2D eigenvalue weighted by molar-refractivity contribution is 5.94. The van der Waals surface area contributed by atoms with Gasteiger partial charge in [0.25, 0.3) is 5.91 Å². The first-order valence-electron chi connectivity index (χ1n) is 8.15. The van der Waals surface area contributed by atoms with Gasteiger partial charge in [0.1, 0.15) is 11.6 Å². The van der Waals surface area contributed by atoms with Crippen molar-refractivity contribution in [2.75, 3.05) is 13.2 Å². The summed E-state index contributed by atoms with van der Waals surface area (Å²) in [5.41, 5.74) is 2.56. The van der Waals surface area contributed by atoms with Crippen LogP contribution in [0, 0.1) is 5.82 Å². The smallest absolute Gasteiger partial charge is 0.346 e. The molecule has 0 aromatic heterocycles. The van der Waals surface area contributed by atoms with Crippen LogP contribution in [0.2, 0.25) is 0 Å². The molecule has 1 aliphatic rings. The number of rotatable bonds is 6. The topological polar surface area (TPSA) is 84.9 Å². The number of halogens is 1. The van der Waals surface area contributed by atoms with Crippen molar-refractivity contribution in [1.29, 1.82) is 0 Å². The van der Waals surface area contributed by atoms with Crippen LogP contribution in [0.1, 0.15) is 21.5 Å². The Morgan fingerprint density at radius 2 is 1.96 bits per heavy atom. The Bertz CT molecular complexity index is 806. The third-order valence-electron chi connectivity index (χ3n) is 4.06. The molecule has 0 aliphatic carbocycles. The Balaban J connectivity index is 1.62. The Hall–Kier alpha value is -2.93. The molecule has 2 N–H and O–H groups in total. The number of carbonyl (C=O) groups excluding carboxylic acids is 1. The summed E-state index contributed by atoms with van der Waals surface area (Å²) in [6.07, 6.45) is -0.544. The molecular formula is C19H18FNO5. The molecule has 1 heterocycles. The quantitative estimate of drug-likeness (QED) is 0.826. The van der Waals surface area contributed by atoms with Gasteiger partial charge in [0.15, 0.2) is 0 Å². The van der Waals surface area contributed by atoms with E-state index in [9.17, 15) is 19.1 Å². The predicted octanol–water partition coefficient (Wildman–Crippen LogP) is 2.16. The maximum Gasteiger partial charge on any atom is 0.346 e. The van der Waals surface area contributed by atoms with Gasteiger partial charge in [-0.3, -0.25) is 4.79 Å². The number of fused-ring (bicyclic) bond motifs is 1. The van der Waals surface area contributed by atoms with Gasteiger partial charge >= 0.3 is 5.97 Å². The summed E-state index contributed by atoms with van der Waals surface area (Å²) >= 11 is 0. The van der Waals surface area contributed by atoms with Crippen LogP contribution in [0.25, 0.3) is 0 Å². The number of hydrogen-bond donors (Lipinski definition) is 2. The lowest BCUT2D eigenvalue weighted by atomic mass is 10.00. The molecule has 2 aromatic carbocycles. The predicted molar refractivity (Wildman–Crippen MR) is 90.6 cm³/mol. The van der Waals surface area contributed by atoms with Crippen LogP contribution in [0.15, 0.2) is 42.5 Å². The first-order valence-corrected chi connectivity index (χ1v) is 8.15. The van der Waals surface area contributed by atoms with Crippen LogP contribution < -0.4 is 10.1 Å². The Morgan fingerprint density at radius 3 is 2.69 bits per heavy atom. The molecule has 7 heteroatoms. The second-order valence-corrected chi connectivity index (χ2v) is 5.89. The maximum atomic E-state index is 12.9. The fraction of sp³-hybridized carbons (Fsp3) is 0.263. The molecule has 1 aliphatic heterocycles. The van der Waals surface area contributed by atoms with Gasteiger partial charge in [0.2, 0.25) is 6.10 Å². The lowest BCUT2D eigenvalue weighted by molar-refractivity contribution is -0.144. The van der Waals surface area contributed by atoms with E-state index in [-0.39, 0.29) is 18.2 Å². The first kappa shape index (κ1) is 17.9. The molecule has 1 amide bonds. The standard InChI is InChI=1S/C19H18FNO5/c20-15-3-5-16(6-4-15)26-17(19(23)24)10-21-18(22)13-1-2-14-11-25-8-7-12(14)9-13/h1-6,9,17H,7-8,10-11H2,(H,21,22)(H,23,24). The zero-order valence-electron chi connectivity index (χ0n) is 13.9. The van der Waals surface area contributed by atoms with Gasteiger partial charge in [-0.2, -0.15) is 0 Å². The Labute approximate surface area is 149 Å². The van der Waals surface area contributed by atoms with Crippen molar-refractivity contribution in [3.8, 4) is 5.75 Å². The Kier molecular flexibility index (Phi) is 5.48. The summed E-state index contributed by atoms with van der Waals surface area (Å²) in [4.78, 5) is 23.7. The van der Waals surface area contributed by atoms with E-state index < -0.39 is 17.9 Å². The zero-order valence-corrected chi connectivity index (χ0v) is 13.9. The average Bonchev–Trinajstić information content (AvgIpc) is 2.65. The SMILES string of the molecule is O=C(NCC(Oc1ccc(F)cc1)C(=O)O)c1ccc2c(c1)CCOC2. The molecule has 136 valence electrons. The Morgan fingerprint density at radius 1 is 1.19 bits per heavy atom. The van der Waals surface area contributed by atoms with E-state index in [1.807, 2.05) is 6.07 Å². The van der Waals surface area contributed by atoms with E-state index in [2.05, 4.69) is 5.32 Å². The number of carbonyl (C=O) groups is 2. The molecule has 0 spiro atoms. The van der Waals surface area contributed by atoms with Crippen LogP contribution in [-0.4, -0.2) is 36.2 Å². The van der Waals surface area contributed by atoms with E-state index in [1.165, 1.54) is 24.3 Å². The van der Waals surface area contributed by atoms with Crippen molar-refractivity contribution in [2.24, 2.45) is 0 Å². The number of aliphatic carboxylic acids is 1. The minimum Gasteiger partial charge on any atom is -0.478 e. The second-order valence-electron chi connectivity index (χ2n) is 5.89. The number of ether oxygens (including phenoxy) is 2. The molecule has 0 bridgehead atoms. The molecule has 1 unspecified atom stereocenters. The number of nitrogens with one attached hydrogen (secondary N) is 1. The largest absolute Gasteiger partial charge is 0.478 e. The summed E-state index contributed by atoms with van der Waals surface area (Å²) in [6.45, 7) is 0.931. The summed E-state index contributed by atoms with van der Waals surface area (Å²) in [6, 6.07) is 10.3. The van der Waals surface area contributed by atoms with Crippen molar-refractivity contribution >= 4 is 11.9 Å². The molecule has 2 aromatic rings. The molecule has 0 saturated carbocycles. The van der Waals surface area contributed by atoms with Gasteiger partial charge < -0.3 is 19.9 Å². The summed E-state index contributed by atoms with van der Waals surface area (Å²) in [5, 5.41) is 11.8. The van der Waals surface area contributed by atoms with Gasteiger partial charge in [-0.15, -0.1) is 0 Å². The highest BCUT2D eigenvalue weighted by Crippen LogP contribution is 2.18. The number of carboxylic acid groups (broad SMARTS) is 1. The van der Waals surface area contributed by atoms with E-state index >= 15 is 0 Å². The van der Waals surface area contributed by atoms with Crippen molar-refractivity contribution in [1.82, 2.24) is 5.32 Å². The van der Waals surface area contributed by atoms with Gasteiger partial charge in [0, 0.05) is 5.56 Å². The molecule has 6 nitrogen and oxygen atoms in total. The molecule has 0 saturated heterocycles. The van der Waals surface area contributed by atoms with E-state index in [0.717, 1.165) is 17.5 Å². The van der Waals surface area contributed by atoms with Crippen LogP contribution >= 0.6 is 0 Å². The van der Waals surface area contributed by atoms with Gasteiger partial charge in [0.05, 0.1) is 19.8 Å². The molecule has 26 heavy (non-hydrogen) atoms. The maximum absolute atomic E-state index is 12.9. The number of carboxylic acids is 1. The number of benzene rings is 2. The summed E-state index contributed by atoms with van der Waals surface area (Å²) in [7, 11) is 0. The summed E-state index contributed by atoms with van der Waals surface area (Å²) in [5.74, 6) is -1.84. The van der Waals surface area contributed by atoms with Crippen LogP contribution in [0.4, 0.5) is 4.39 Å². The third-order valence-corrected chi connectivity index (χ3v) is 4.06. The molecule has 0 radical (unpaired) electrons. The van der Waals surface area contributed by atoms with Crippen LogP contribution in [-0.2, 0) is 22.6 Å². The highest BCUT2D eigenvalue weighted by atomic mass is 19.1. The van der Waals surface area contributed by atoms with Crippen molar-refractivity contribution < 1.29 is 28.6 Å². The van der Waals surface area contributed by atoms with Crippen molar-refractivity contribution in [3.63, 3.8) is 0 Å². The number of hydrogen-bond acceptors (Lipinski definition) is 4. The minimum absolute atomic E-state index is 0.210. The van der Waals surface area contributed by atoms with Gasteiger partial charge in [-0.25, -0.2) is 9.18 Å². The van der Waals surface area contributed by atoms with Crippen LogP contribution in [0.3, 0.4) is 0 Å². The van der Waals surface area contributed by atoms with E-state index in [4.69, 9.17) is 9.47 Å². The monoisotopic (exact) mass is 359 g/mol. The lowest BCUT2D eigenvalue weighted by Gasteiger charge is -2.18. The van der Waals surface area contributed by atoms with E-state index in [0.29, 0.717) is 18.8 Å². The molecule has 1 atom stereocenters. The summed E-state index contributed by atoms with van der Waals surface area (Å²) < 4.78 is 23.6. The fourth-order valence-electron chi connectivity index (χ4n) is 2.65. The highest BCUT2D eigenvalue weighted by Gasteiger charge is 2.21.